The molecule has 1 aromatic heterocycles. The summed E-state index contributed by atoms with van der Waals surface area (Å²) < 4.78 is 67.9. The number of anilines is 1. The summed E-state index contributed by atoms with van der Waals surface area (Å²) >= 11 is 0. The second kappa shape index (κ2) is 8.41. The molecule has 4 atom stereocenters. The molecular weight excluding hydrogens is 433 g/mol. The predicted octanol–water partition coefficient (Wildman–Crippen LogP) is 3.57. The normalized spacial score (nSPS) is 26.2. The van der Waals surface area contributed by atoms with E-state index in [1.165, 1.54) is 17.2 Å². The minimum atomic E-state index is -4.50. The molecule has 1 N–H and O–H groups in total. The quantitative estimate of drug-likeness (QED) is 0.706. The zero-order valence-corrected chi connectivity index (χ0v) is 16.8. The number of nitriles is 1. The van der Waals surface area contributed by atoms with Crippen molar-refractivity contribution in [2.45, 2.75) is 31.0 Å². The first-order valence-electron chi connectivity index (χ1n) is 10.1. The Morgan fingerprint density at radius 1 is 1.12 bits per heavy atom. The summed E-state index contributed by atoms with van der Waals surface area (Å²) in [6, 6.07) is 6.73. The Morgan fingerprint density at radius 3 is 2.50 bits per heavy atom. The topological polar surface area (TPSA) is 72.3 Å². The Kier molecular flexibility index (Phi) is 5.79. The number of carbonyl (C=O) groups excluding carboxylic acids is 1. The van der Waals surface area contributed by atoms with Crippen molar-refractivity contribution in [3.63, 3.8) is 0 Å². The van der Waals surface area contributed by atoms with Crippen LogP contribution in [0.1, 0.15) is 12.0 Å². The zero-order valence-electron chi connectivity index (χ0n) is 16.8. The van der Waals surface area contributed by atoms with Crippen LogP contribution in [0, 0.1) is 17.2 Å². The van der Waals surface area contributed by atoms with Gasteiger partial charge in [0.05, 0.1) is 30.1 Å². The Morgan fingerprint density at radius 2 is 1.84 bits per heavy atom. The van der Waals surface area contributed by atoms with E-state index in [0.717, 1.165) is 4.90 Å². The maximum Gasteiger partial charge on any atom is 0.393 e. The third-order valence-corrected chi connectivity index (χ3v) is 5.92. The summed E-state index contributed by atoms with van der Waals surface area (Å²) in [5.41, 5.74) is 1.14. The second-order valence-corrected chi connectivity index (χ2v) is 8.11. The van der Waals surface area contributed by atoms with Crippen LogP contribution in [0.2, 0.25) is 0 Å². The first kappa shape index (κ1) is 22.0. The number of carbonyl (C=O) groups is 1. The number of benzene rings is 1. The first-order valence-corrected chi connectivity index (χ1v) is 10.1. The van der Waals surface area contributed by atoms with Crippen molar-refractivity contribution in [1.29, 1.82) is 5.26 Å². The Hall–Kier alpha value is -3.16. The van der Waals surface area contributed by atoms with Crippen LogP contribution >= 0.6 is 0 Å². The molecule has 0 radical (unpaired) electrons. The van der Waals surface area contributed by atoms with E-state index in [4.69, 9.17) is 0 Å². The molecule has 0 saturated carbocycles. The molecule has 4 rings (SSSR count). The van der Waals surface area contributed by atoms with Gasteiger partial charge in [-0.2, -0.15) is 18.4 Å². The minimum Gasteiger partial charge on any atom is -0.368 e. The van der Waals surface area contributed by atoms with Gasteiger partial charge >= 0.3 is 12.2 Å². The molecule has 2 aromatic rings. The van der Waals surface area contributed by atoms with E-state index in [0.29, 0.717) is 22.2 Å². The number of amides is 2. The molecule has 2 aliphatic heterocycles. The summed E-state index contributed by atoms with van der Waals surface area (Å²) in [6.45, 7) is -1.12. The highest BCUT2D eigenvalue weighted by Gasteiger charge is 2.45. The van der Waals surface area contributed by atoms with Crippen LogP contribution in [-0.4, -0.2) is 66.7 Å². The fourth-order valence-electron chi connectivity index (χ4n) is 4.32. The molecule has 2 aliphatic rings. The van der Waals surface area contributed by atoms with Crippen LogP contribution in [0.15, 0.2) is 30.5 Å². The number of alkyl halides is 5. The fraction of sp³-hybridized carbons (Fsp3) is 0.476. The van der Waals surface area contributed by atoms with Crippen molar-refractivity contribution in [1.82, 2.24) is 15.2 Å². The molecule has 32 heavy (non-hydrogen) atoms. The van der Waals surface area contributed by atoms with Gasteiger partial charge in [0.1, 0.15) is 6.07 Å². The lowest BCUT2D eigenvalue weighted by Gasteiger charge is -2.40. The van der Waals surface area contributed by atoms with Gasteiger partial charge in [-0.3, -0.25) is 4.98 Å². The third kappa shape index (κ3) is 4.26. The molecule has 0 spiro atoms. The number of nitrogens with zero attached hydrogens (tertiary/aromatic N) is 4. The molecule has 3 heterocycles. The monoisotopic (exact) mass is 453 g/mol. The van der Waals surface area contributed by atoms with Gasteiger partial charge in [0.15, 0.2) is 12.3 Å². The van der Waals surface area contributed by atoms with Crippen molar-refractivity contribution < 1.29 is 26.7 Å². The Balaban J connectivity index is 1.61. The lowest BCUT2D eigenvalue weighted by molar-refractivity contribution is -0.177. The van der Waals surface area contributed by atoms with Crippen LogP contribution in [0.25, 0.3) is 10.9 Å². The van der Waals surface area contributed by atoms with E-state index < -0.39 is 49.6 Å². The summed E-state index contributed by atoms with van der Waals surface area (Å²) in [4.78, 5) is 19.1. The molecule has 6 nitrogen and oxygen atoms in total. The number of nitrogens with one attached hydrogen (secondary N) is 1. The van der Waals surface area contributed by atoms with Crippen LogP contribution in [-0.2, 0) is 0 Å². The van der Waals surface area contributed by atoms with Gasteiger partial charge in [0, 0.05) is 36.4 Å². The Bertz CT molecular complexity index is 1050. The molecule has 11 heteroatoms. The number of aromatic nitrogens is 1. The standard InChI is InChI=1S/C21H20F5N5O/c22-16-10-31(11-17(16)23)20(32)29-14-6-13(21(24,25)26)8-30(9-14)18-4-3-12(7-27)19-15(18)2-1-5-28-19/h1-5,13-14,16-17H,6,8-11H2,(H,29,32)/t13?,14-,16-,17+/m1/s1. The highest BCUT2D eigenvalue weighted by molar-refractivity contribution is 5.95. The zero-order chi connectivity index (χ0) is 23.0. The summed E-state index contributed by atoms with van der Waals surface area (Å²) in [5.74, 6) is -1.72. The van der Waals surface area contributed by atoms with Crippen LogP contribution < -0.4 is 10.2 Å². The maximum absolute atomic E-state index is 13.7. The van der Waals surface area contributed by atoms with Gasteiger partial charge in [-0.05, 0) is 30.7 Å². The van der Waals surface area contributed by atoms with Gasteiger partial charge in [-0.25, -0.2) is 13.6 Å². The van der Waals surface area contributed by atoms with Crippen molar-refractivity contribution in [3.05, 3.63) is 36.0 Å². The highest BCUT2D eigenvalue weighted by atomic mass is 19.4. The molecule has 2 fully saturated rings. The number of hydrogen-bond donors (Lipinski definition) is 1. The number of piperidine rings is 1. The molecule has 1 unspecified atom stereocenters. The van der Waals surface area contributed by atoms with E-state index in [2.05, 4.69) is 10.3 Å². The number of urea groups is 1. The van der Waals surface area contributed by atoms with Crippen LogP contribution in [0.5, 0.6) is 0 Å². The van der Waals surface area contributed by atoms with Gasteiger partial charge in [-0.1, -0.05) is 0 Å². The molecule has 0 bridgehead atoms. The first-order chi connectivity index (χ1) is 15.2. The number of likely N-dealkylation sites (tertiary alicyclic amines) is 1. The van der Waals surface area contributed by atoms with E-state index in [-0.39, 0.29) is 19.5 Å². The SMILES string of the molecule is N#Cc1ccc(N2CC(C(F)(F)F)C[C@@H](NC(=O)N3C[C@@H](F)[C@@H](F)C3)C2)c2cccnc12. The number of hydrogen-bond acceptors (Lipinski definition) is 4. The fourth-order valence-corrected chi connectivity index (χ4v) is 4.32. The molecular formula is C21H20F5N5O. The number of rotatable bonds is 2. The second-order valence-electron chi connectivity index (χ2n) is 8.11. The largest absolute Gasteiger partial charge is 0.393 e. The van der Waals surface area contributed by atoms with Gasteiger partial charge in [0.2, 0.25) is 0 Å². The number of halogens is 5. The van der Waals surface area contributed by atoms with Gasteiger partial charge < -0.3 is 15.1 Å². The summed E-state index contributed by atoms with van der Waals surface area (Å²) in [6.07, 6.45) is -6.95. The maximum atomic E-state index is 13.7. The highest BCUT2D eigenvalue weighted by Crippen LogP contribution is 2.37. The lowest BCUT2D eigenvalue weighted by atomic mass is 9.92. The number of fused-ring (bicyclic) bond motifs is 1. The van der Waals surface area contributed by atoms with Crippen LogP contribution in [0.4, 0.5) is 32.4 Å². The van der Waals surface area contributed by atoms with E-state index in [1.807, 2.05) is 6.07 Å². The van der Waals surface area contributed by atoms with Crippen molar-refractivity contribution in [3.8, 4) is 6.07 Å². The third-order valence-electron chi connectivity index (χ3n) is 5.92. The predicted molar refractivity (Wildman–Crippen MR) is 107 cm³/mol. The molecule has 2 saturated heterocycles. The Labute approximate surface area is 180 Å². The van der Waals surface area contributed by atoms with Crippen LogP contribution in [0.3, 0.4) is 0 Å². The average molecular weight is 453 g/mol. The molecule has 0 aliphatic carbocycles. The molecule has 1 aromatic carbocycles. The number of pyridine rings is 1. The van der Waals surface area contributed by atoms with E-state index >= 15 is 0 Å². The van der Waals surface area contributed by atoms with E-state index in [1.54, 1.807) is 18.2 Å². The van der Waals surface area contributed by atoms with Gasteiger partial charge in [0.25, 0.3) is 0 Å². The van der Waals surface area contributed by atoms with Gasteiger partial charge in [-0.15, -0.1) is 0 Å². The van der Waals surface area contributed by atoms with E-state index in [9.17, 15) is 32.0 Å². The lowest BCUT2D eigenvalue weighted by Crippen LogP contribution is -2.56. The molecule has 2 amide bonds. The summed E-state index contributed by atoms with van der Waals surface area (Å²) in [5, 5.41) is 12.4. The van der Waals surface area contributed by atoms with Crippen molar-refractivity contribution in [2.75, 3.05) is 31.1 Å². The minimum absolute atomic E-state index is 0.0696. The van der Waals surface area contributed by atoms with Crippen molar-refractivity contribution >= 4 is 22.6 Å². The average Bonchev–Trinajstić information content (AvgIpc) is 3.10. The smallest absolute Gasteiger partial charge is 0.368 e. The summed E-state index contributed by atoms with van der Waals surface area (Å²) in [7, 11) is 0. The molecule has 170 valence electrons. The van der Waals surface area contributed by atoms with Crippen molar-refractivity contribution in [2.24, 2.45) is 5.92 Å².